The fourth-order valence-corrected chi connectivity index (χ4v) is 0.870. The first-order chi connectivity index (χ1) is 5.04. The SMILES string of the molecule is C=CCCC(C)C(C)(F)CN. The molecule has 2 N–H and O–H groups in total. The van der Waals surface area contributed by atoms with Crippen LogP contribution < -0.4 is 5.73 Å². The summed E-state index contributed by atoms with van der Waals surface area (Å²) in [5, 5.41) is 0. The number of rotatable bonds is 5. The highest BCUT2D eigenvalue weighted by atomic mass is 19.1. The fourth-order valence-electron chi connectivity index (χ4n) is 0.870. The van der Waals surface area contributed by atoms with Crippen LogP contribution in [-0.2, 0) is 0 Å². The van der Waals surface area contributed by atoms with Gasteiger partial charge in [-0.15, -0.1) is 6.58 Å². The Hall–Kier alpha value is -0.370. The minimum Gasteiger partial charge on any atom is -0.328 e. The van der Waals surface area contributed by atoms with E-state index < -0.39 is 5.67 Å². The van der Waals surface area contributed by atoms with E-state index in [9.17, 15) is 4.39 Å². The molecular formula is C9H18FN. The lowest BCUT2D eigenvalue weighted by atomic mass is 9.89. The average Bonchev–Trinajstić information content (AvgIpc) is 2.00. The number of allylic oxidation sites excluding steroid dienone is 1. The van der Waals surface area contributed by atoms with Crippen molar-refractivity contribution >= 4 is 0 Å². The Kier molecular flexibility index (Phi) is 4.34. The molecule has 0 amide bonds. The van der Waals surface area contributed by atoms with Crippen molar-refractivity contribution < 1.29 is 4.39 Å². The molecule has 0 bridgehead atoms. The lowest BCUT2D eigenvalue weighted by molar-refractivity contribution is 0.117. The van der Waals surface area contributed by atoms with E-state index in [0.29, 0.717) is 0 Å². The Labute approximate surface area is 68.5 Å². The minimum atomic E-state index is -1.22. The Bertz CT molecular complexity index is 121. The highest BCUT2D eigenvalue weighted by Crippen LogP contribution is 2.24. The van der Waals surface area contributed by atoms with Crippen molar-refractivity contribution in [1.29, 1.82) is 0 Å². The largest absolute Gasteiger partial charge is 0.328 e. The van der Waals surface area contributed by atoms with Gasteiger partial charge in [-0.05, 0) is 25.7 Å². The molecule has 0 heterocycles. The summed E-state index contributed by atoms with van der Waals surface area (Å²) in [4.78, 5) is 0. The summed E-state index contributed by atoms with van der Waals surface area (Å²) in [7, 11) is 0. The molecule has 0 aliphatic carbocycles. The first-order valence-electron chi connectivity index (χ1n) is 4.04. The van der Waals surface area contributed by atoms with Crippen LogP contribution in [0.1, 0.15) is 26.7 Å². The molecule has 0 aromatic rings. The lowest BCUT2D eigenvalue weighted by Gasteiger charge is -2.25. The molecule has 0 spiro atoms. The summed E-state index contributed by atoms with van der Waals surface area (Å²) in [5.41, 5.74) is 4.06. The Morgan fingerprint density at radius 1 is 1.73 bits per heavy atom. The topological polar surface area (TPSA) is 26.0 Å². The predicted octanol–water partition coefficient (Wildman–Crippen LogP) is 2.28. The normalized spacial score (nSPS) is 18.9. The zero-order chi connectivity index (χ0) is 8.91. The summed E-state index contributed by atoms with van der Waals surface area (Å²) >= 11 is 0. The molecule has 0 rings (SSSR count). The van der Waals surface area contributed by atoms with Gasteiger partial charge in [-0.3, -0.25) is 0 Å². The quantitative estimate of drug-likeness (QED) is 0.612. The van der Waals surface area contributed by atoms with Crippen LogP contribution >= 0.6 is 0 Å². The van der Waals surface area contributed by atoms with E-state index in [1.807, 2.05) is 13.0 Å². The van der Waals surface area contributed by atoms with Gasteiger partial charge in [0.25, 0.3) is 0 Å². The second kappa shape index (κ2) is 4.50. The van der Waals surface area contributed by atoms with Crippen LogP contribution in [-0.4, -0.2) is 12.2 Å². The van der Waals surface area contributed by atoms with Crippen molar-refractivity contribution in [3.05, 3.63) is 12.7 Å². The predicted molar refractivity (Wildman–Crippen MR) is 47.2 cm³/mol. The molecule has 0 radical (unpaired) electrons. The van der Waals surface area contributed by atoms with Crippen molar-refractivity contribution in [1.82, 2.24) is 0 Å². The van der Waals surface area contributed by atoms with E-state index in [1.165, 1.54) is 0 Å². The molecular weight excluding hydrogens is 141 g/mol. The highest BCUT2D eigenvalue weighted by Gasteiger charge is 2.28. The minimum absolute atomic E-state index is 0.0190. The molecule has 0 aliphatic rings. The van der Waals surface area contributed by atoms with E-state index in [1.54, 1.807) is 6.92 Å². The van der Waals surface area contributed by atoms with Crippen LogP contribution in [0.15, 0.2) is 12.7 Å². The Morgan fingerprint density at radius 3 is 2.64 bits per heavy atom. The number of hydrogen-bond acceptors (Lipinski definition) is 1. The number of nitrogens with two attached hydrogens (primary N) is 1. The third kappa shape index (κ3) is 3.51. The number of alkyl halides is 1. The maximum atomic E-state index is 13.4. The Morgan fingerprint density at radius 2 is 2.27 bits per heavy atom. The van der Waals surface area contributed by atoms with Gasteiger partial charge in [-0.25, -0.2) is 4.39 Å². The zero-order valence-electron chi connectivity index (χ0n) is 7.44. The number of halogens is 1. The standard InChI is InChI=1S/C9H18FN/c1-4-5-6-8(2)9(3,10)7-11/h4,8H,1,5-7,11H2,2-3H3. The van der Waals surface area contributed by atoms with Crippen molar-refractivity contribution in [2.75, 3.05) is 6.54 Å². The Balaban J connectivity index is 3.80. The molecule has 2 atom stereocenters. The first kappa shape index (κ1) is 10.6. The van der Waals surface area contributed by atoms with E-state index in [0.717, 1.165) is 12.8 Å². The van der Waals surface area contributed by atoms with Crippen molar-refractivity contribution in [3.63, 3.8) is 0 Å². The van der Waals surface area contributed by atoms with Crippen LogP contribution in [0, 0.1) is 5.92 Å². The van der Waals surface area contributed by atoms with E-state index in [-0.39, 0.29) is 12.5 Å². The second-order valence-electron chi connectivity index (χ2n) is 3.25. The molecule has 11 heavy (non-hydrogen) atoms. The summed E-state index contributed by atoms with van der Waals surface area (Å²) in [5.74, 6) is 0.0190. The maximum Gasteiger partial charge on any atom is 0.122 e. The van der Waals surface area contributed by atoms with Gasteiger partial charge < -0.3 is 5.73 Å². The summed E-state index contributed by atoms with van der Waals surface area (Å²) < 4.78 is 13.4. The van der Waals surface area contributed by atoms with Gasteiger partial charge in [0.1, 0.15) is 5.67 Å². The maximum absolute atomic E-state index is 13.4. The van der Waals surface area contributed by atoms with E-state index >= 15 is 0 Å². The molecule has 0 aromatic carbocycles. The van der Waals surface area contributed by atoms with Gasteiger partial charge in [-0.2, -0.15) is 0 Å². The van der Waals surface area contributed by atoms with Gasteiger partial charge in [0, 0.05) is 6.54 Å². The first-order valence-corrected chi connectivity index (χ1v) is 4.04. The van der Waals surface area contributed by atoms with Crippen molar-refractivity contribution in [2.24, 2.45) is 11.7 Å². The third-order valence-electron chi connectivity index (χ3n) is 2.23. The molecule has 0 aromatic heterocycles. The summed E-state index contributed by atoms with van der Waals surface area (Å²) in [6, 6.07) is 0. The second-order valence-corrected chi connectivity index (χ2v) is 3.25. The lowest BCUT2D eigenvalue weighted by Crippen LogP contribution is -2.36. The average molecular weight is 159 g/mol. The molecule has 0 saturated heterocycles. The molecule has 0 aliphatic heterocycles. The number of hydrogen-bond donors (Lipinski definition) is 1. The van der Waals surface area contributed by atoms with Gasteiger partial charge in [0.05, 0.1) is 0 Å². The fraction of sp³-hybridized carbons (Fsp3) is 0.778. The monoisotopic (exact) mass is 159 g/mol. The van der Waals surface area contributed by atoms with Crippen molar-refractivity contribution in [3.8, 4) is 0 Å². The highest BCUT2D eigenvalue weighted by molar-refractivity contribution is 4.82. The van der Waals surface area contributed by atoms with Crippen molar-refractivity contribution in [2.45, 2.75) is 32.4 Å². The molecule has 0 saturated carbocycles. The zero-order valence-corrected chi connectivity index (χ0v) is 7.44. The van der Waals surface area contributed by atoms with Gasteiger partial charge in [0.2, 0.25) is 0 Å². The smallest absolute Gasteiger partial charge is 0.122 e. The van der Waals surface area contributed by atoms with E-state index in [4.69, 9.17) is 5.73 Å². The van der Waals surface area contributed by atoms with Gasteiger partial charge in [0.15, 0.2) is 0 Å². The van der Waals surface area contributed by atoms with E-state index in [2.05, 4.69) is 6.58 Å². The van der Waals surface area contributed by atoms with Gasteiger partial charge >= 0.3 is 0 Å². The van der Waals surface area contributed by atoms with Crippen LogP contribution in [0.2, 0.25) is 0 Å². The molecule has 2 unspecified atom stereocenters. The van der Waals surface area contributed by atoms with Crippen LogP contribution in [0.4, 0.5) is 4.39 Å². The molecule has 66 valence electrons. The summed E-state index contributed by atoms with van der Waals surface area (Å²) in [6.45, 7) is 7.13. The summed E-state index contributed by atoms with van der Waals surface area (Å²) in [6.07, 6.45) is 3.50. The molecule has 2 heteroatoms. The van der Waals surface area contributed by atoms with Crippen LogP contribution in [0.3, 0.4) is 0 Å². The third-order valence-corrected chi connectivity index (χ3v) is 2.23. The molecule has 0 fully saturated rings. The van der Waals surface area contributed by atoms with Crippen LogP contribution in [0.25, 0.3) is 0 Å². The van der Waals surface area contributed by atoms with Gasteiger partial charge in [-0.1, -0.05) is 13.0 Å². The molecule has 1 nitrogen and oxygen atoms in total. The van der Waals surface area contributed by atoms with Crippen LogP contribution in [0.5, 0.6) is 0 Å².